The molecule has 22 heavy (non-hydrogen) atoms. The maximum atomic E-state index is 13.1. The number of hydrogen-bond acceptors (Lipinski definition) is 4. The Bertz CT molecular complexity index is 849. The zero-order chi connectivity index (χ0) is 15.5. The lowest BCUT2D eigenvalue weighted by Gasteiger charge is -2.08. The number of halogens is 1. The second-order valence-electron chi connectivity index (χ2n) is 4.52. The summed E-state index contributed by atoms with van der Waals surface area (Å²) in [5, 5.41) is 17.1. The van der Waals surface area contributed by atoms with E-state index in [9.17, 15) is 9.65 Å². The summed E-state index contributed by atoms with van der Waals surface area (Å²) in [6, 6.07) is 15.1. The van der Waals surface area contributed by atoms with E-state index in [0.717, 1.165) is 0 Å². The molecule has 0 amide bonds. The first-order chi connectivity index (χ1) is 10.7. The van der Waals surface area contributed by atoms with Gasteiger partial charge in [-0.05, 0) is 36.4 Å². The van der Waals surface area contributed by atoms with Crippen LogP contribution >= 0.6 is 0 Å². The third-order valence-electron chi connectivity index (χ3n) is 3.19. The number of hydrogen-bond donors (Lipinski definition) is 0. The summed E-state index contributed by atoms with van der Waals surface area (Å²) in [5.41, 5.74) is 2.05. The average molecular weight is 294 g/mol. The fourth-order valence-corrected chi connectivity index (χ4v) is 2.15. The van der Waals surface area contributed by atoms with Crippen LogP contribution in [0.4, 0.5) is 4.39 Å². The van der Waals surface area contributed by atoms with Crippen molar-refractivity contribution in [1.82, 2.24) is 15.0 Å². The molecule has 0 spiro atoms. The van der Waals surface area contributed by atoms with Gasteiger partial charge in [0.2, 0.25) is 0 Å². The van der Waals surface area contributed by atoms with E-state index in [2.05, 4.69) is 10.3 Å². The largest absolute Gasteiger partial charge is 0.497 e. The van der Waals surface area contributed by atoms with Gasteiger partial charge in [-0.25, -0.2) is 9.07 Å². The zero-order valence-electron chi connectivity index (χ0n) is 11.7. The summed E-state index contributed by atoms with van der Waals surface area (Å²) >= 11 is 0. The predicted octanol–water partition coefficient (Wildman–Crippen LogP) is 2.95. The third kappa shape index (κ3) is 2.40. The van der Waals surface area contributed by atoms with Gasteiger partial charge in [-0.1, -0.05) is 11.3 Å². The lowest BCUT2D eigenvalue weighted by atomic mass is 10.1. The maximum Gasteiger partial charge on any atom is 0.191 e. The molecular weight excluding hydrogens is 283 g/mol. The van der Waals surface area contributed by atoms with Crippen LogP contribution in [0.25, 0.3) is 16.9 Å². The molecule has 5 nitrogen and oxygen atoms in total. The van der Waals surface area contributed by atoms with Gasteiger partial charge in [0.05, 0.1) is 12.8 Å². The van der Waals surface area contributed by atoms with Crippen molar-refractivity contribution in [2.45, 2.75) is 0 Å². The summed E-state index contributed by atoms with van der Waals surface area (Å²) in [4.78, 5) is 0. The monoisotopic (exact) mass is 294 g/mol. The topological polar surface area (TPSA) is 63.7 Å². The summed E-state index contributed by atoms with van der Waals surface area (Å²) in [7, 11) is 1.57. The molecule has 6 heteroatoms. The Morgan fingerprint density at radius 1 is 1.18 bits per heavy atom. The SMILES string of the molecule is COc1cccc(-n2nnc(C#N)c2-c2ccc(F)cc2)c1. The molecule has 3 aromatic rings. The number of nitrogens with zero attached hydrogens (tertiary/aromatic N) is 4. The van der Waals surface area contributed by atoms with Crippen molar-refractivity contribution in [1.29, 1.82) is 5.26 Å². The van der Waals surface area contributed by atoms with Gasteiger partial charge in [-0.15, -0.1) is 5.10 Å². The second-order valence-corrected chi connectivity index (χ2v) is 4.52. The molecule has 0 saturated carbocycles. The van der Waals surface area contributed by atoms with E-state index in [4.69, 9.17) is 4.74 Å². The van der Waals surface area contributed by atoms with Crippen LogP contribution in [0.2, 0.25) is 0 Å². The highest BCUT2D eigenvalue weighted by atomic mass is 19.1. The minimum absolute atomic E-state index is 0.175. The van der Waals surface area contributed by atoms with Gasteiger partial charge >= 0.3 is 0 Å². The van der Waals surface area contributed by atoms with Crippen LogP contribution in [0.15, 0.2) is 48.5 Å². The molecule has 0 atom stereocenters. The van der Waals surface area contributed by atoms with Gasteiger partial charge in [-0.3, -0.25) is 0 Å². The first-order valence-electron chi connectivity index (χ1n) is 6.49. The highest BCUT2D eigenvalue weighted by Crippen LogP contribution is 2.26. The first-order valence-corrected chi connectivity index (χ1v) is 6.49. The number of ether oxygens (including phenoxy) is 1. The molecule has 108 valence electrons. The van der Waals surface area contributed by atoms with Gasteiger partial charge in [0.25, 0.3) is 0 Å². The molecule has 0 aliphatic carbocycles. The molecule has 0 aliphatic rings. The Hall–Kier alpha value is -3.20. The molecule has 0 radical (unpaired) electrons. The van der Waals surface area contributed by atoms with Crippen LogP contribution in [-0.4, -0.2) is 22.1 Å². The van der Waals surface area contributed by atoms with E-state index >= 15 is 0 Å². The van der Waals surface area contributed by atoms with E-state index < -0.39 is 0 Å². The Kier molecular flexibility index (Phi) is 3.54. The number of benzene rings is 2. The van der Waals surface area contributed by atoms with Gasteiger partial charge in [0.15, 0.2) is 5.69 Å². The predicted molar refractivity (Wildman–Crippen MR) is 78.0 cm³/mol. The number of rotatable bonds is 3. The van der Waals surface area contributed by atoms with E-state index in [-0.39, 0.29) is 11.5 Å². The molecule has 0 N–H and O–H groups in total. The van der Waals surface area contributed by atoms with Crippen LogP contribution in [-0.2, 0) is 0 Å². The highest BCUT2D eigenvalue weighted by Gasteiger charge is 2.16. The number of methoxy groups -OCH3 is 1. The number of nitriles is 1. The van der Waals surface area contributed by atoms with Crippen molar-refractivity contribution >= 4 is 0 Å². The van der Waals surface area contributed by atoms with E-state index in [0.29, 0.717) is 22.7 Å². The third-order valence-corrected chi connectivity index (χ3v) is 3.19. The molecule has 1 aromatic heterocycles. The van der Waals surface area contributed by atoms with Crippen LogP contribution in [0.5, 0.6) is 5.75 Å². The van der Waals surface area contributed by atoms with Crippen molar-refractivity contribution in [3.63, 3.8) is 0 Å². The van der Waals surface area contributed by atoms with Crippen molar-refractivity contribution in [3.8, 4) is 28.8 Å². The minimum Gasteiger partial charge on any atom is -0.497 e. The smallest absolute Gasteiger partial charge is 0.191 e. The Balaban J connectivity index is 2.19. The van der Waals surface area contributed by atoms with Gasteiger partial charge in [-0.2, -0.15) is 5.26 Å². The quantitative estimate of drug-likeness (QED) is 0.745. The normalized spacial score (nSPS) is 10.2. The summed E-state index contributed by atoms with van der Waals surface area (Å²) in [6.07, 6.45) is 0. The fourth-order valence-electron chi connectivity index (χ4n) is 2.15. The van der Waals surface area contributed by atoms with Crippen LogP contribution < -0.4 is 4.74 Å². The molecular formula is C16H11FN4O. The maximum absolute atomic E-state index is 13.1. The Morgan fingerprint density at radius 2 is 1.95 bits per heavy atom. The number of aromatic nitrogens is 3. The summed E-state index contributed by atoms with van der Waals surface area (Å²) in [5.74, 6) is 0.319. The average Bonchev–Trinajstić information content (AvgIpc) is 2.99. The standard InChI is InChI=1S/C16H11FN4O/c1-22-14-4-2-3-13(9-14)21-16(15(10-18)19-20-21)11-5-7-12(17)8-6-11/h2-9H,1H3. The molecule has 0 fully saturated rings. The Morgan fingerprint density at radius 3 is 2.64 bits per heavy atom. The fraction of sp³-hybridized carbons (Fsp3) is 0.0625. The Labute approximate surface area is 126 Å². The van der Waals surface area contributed by atoms with Gasteiger partial charge in [0, 0.05) is 11.6 Å². The van der Waals surface area contributed by atoms with Crippen molar-refractivity contribution in [2.24, 2.45) is 0 Å². The van der Waals surface area contributed by atoms with Crippen LogP contribution in [0.1, 0.15) is 5.69 Å². The molecule has 2 aromatic carbocycles. The van der Waals surface area contributed by atoms with Crippen molar-refractivity contribution < 1.29 is 9.13 Å². The van der Waals surface area contributed by atoms with E-state index in [1.54, 1.807) is 25.3 Å². The lowest BCUT2D eigenvalue weighted by molar-refractivity contribution is 0.414. The molecule has 1 heterocycles. The molecule has 0 aliphatic heterocycles. The molecule has 0 saturated heterocycles. The zero-order valence-corrected chi connectivity index (χ0v) is 11.7. The molecule has 0 unspecified atom stereocenters. The molecule has 0 bridgehead atoms. The van der Waals surface area contributed by atoms with Crippen LogP contribution in [0, 0.1) is 17.1 Å². The van der Waals surface area contributed by atoms with Crippen LogP contribution in [0.3, 0.4) is 0 Å². The van der Waals surface area contributed by atoms with E-state index in [1.807, 2.05) is 24.3 Å². The van der Waals surface area contributed by atoms with Gasteiger partial charge in [0.1, 0.15) is 23.3 Å². The van der Waals surface area contributed by atoms with E-state index in [1.165, 1.54) is 16.8 Å². The van der Waals surface area contributed by atoms with Crippen molar-refractivity contribution in [3.05, 3.63) is 60.0 Å². The molecule has 3 rings (SSSR count). The first kappa shape index (κ1) is 13.8. The summed E-state index contributed by atoms with van der Waals surface area (Å²) in [6.45, 7) is 0. The summed E-state index contributed by atoms with van der Waals surface area (Å²) < 4.78 is 19.8. The highest BCUT2D eigenvalue weighted by molar-refractivity contribution is 5.67. The van der Waals surface area contributed by atoms with Gasteiger partial charge < -0.3 is 4.74 Å². The van der Waals surface area contributed by atoms with Crippen molar-refractivity contribution in [2.75, 3.05) is 7.11 Å². The second kappa shape index (κ2) is 5.66. The minimum atomic E-state index is -0.345. The lowest BCUT2D eigenvalue weighted by Crippen LogP contribution is -2.00.